The third-order valence-corrected chi connectivity index (χ3v) is 19.8. The lowest BCUT2D eigenvalue weighted by Crippen LogP contribution is -2.18. The highest BCUT2D eigenvalue weighted by Gasteiger charge is 2.35. The zero-order chi connectivity index (χ0) is 79.8. The van der Waals surface area contributed by atoms with Crippen molar-refractivity contribution in [2.45, 2.75) is 0 Å². The van der Waals surface area contributed by atoms with Crippen LogP contribution in [-0.4, -0.2) is 0 Å². The maximum atomic E-state index is 10.1. The van der Waals surface area contributed by atoms with Gasteiger partial charge in [0.1, 0.15) is 0 Å². The Hall–Kier alpha value is -18.0. The first kappa shape index (κ1) is 72.2. The number of benzene rings is 15. The Morgan fingerprint density at radius 3 is 0.724 bits per heavy atom. The van der Waals surface area contributed by atoms with Crippen molar-refractivity contribution in [3.63, 3.8) is 0 Å². The van der Waals surface area contributed by atoms with E-state index in [1.165, 1.54) is 0 Å². The molecule has 0 aliphatic carbocycles. The zero-order valence-corrected chi connectivity index (χ0v) is 61.1. The first-order valence-corrected chi connectivity index (χ1v) is 36.2. The lowest BCUT2D eigenvalue weighted by Gasteiger charge is -2.35. The number of hydrogen-bond acceptors (Lipinski definition) is 12. The summed E-state index contributed by atoms with van der Waals surface area (Å²) < 4.78 is 18.8. The molecule has 15 aromatic carbocycles. The van der Waals surface area contributed by atoms with Gasteiger partial charge in [0.2, 0.25) is 0 Å². The van der Waals surface area contributed by atoms with E-state index < -0.39 is 0 Å². The molecule has 0 aromatic heterocycles. The molecule has 15 aromatic rings. The van der Waals surface area contributed by atoms with Crippen LogP contribution in [0.2, 0.25) is 0 Å². The number of hydrogen-bond donors (Lipinski definition) is 0. The van der Waals surface area contributed by atoms with Gasteiger partial charge in [-0.3, -0.25) is 0 Å². The molecule has 0 bridgehead atoms. The van der Waals surface area contributed by atoms with E-state index in [0.717, 1.165) is 90.4 Å². The predicted octanol–water partition coefficient (Wildman–Crippen LogP) is 27.2. The number of ether oxygens (including phenoxy) is 3. The summed E-state index contributed by atoms with van der Waals surface area (Å²) >= 11 is 0. The van der Waals surface area contributed by atoms with Gasteiger partial charge in [-0.15, -0.1) is 0 Å². The molecule has 0 saturated heterocycles. The Morgan fingerprint density at radius 1 is 0.224 bits per heavy atom. The Labute approximate surface area is 668 Å². The van der Waals surface area contributed by atoms with Crippen LogP contribution < -0.4 is 28.9 Å². The number of rotatable bonds is 9. The van der Waals surface area contributed by atoms with Gasteiger partial charge in [0, 0.05) is 55.6 Å². The fraction of sp³-hybridized carbons (Fsp3) is 0. The minimum absolute atomic E-state index is 0.335. The van der Waals surface area contributed by atoms with Crippen LogP contribution in [0.15, 0.2) is 322 Å². The van der Waals surface area contributed by atoms with Crippen molar-refractivity contribution in [3.05, 3.63) is 401 Å². The smallest absolute Gasteiger partial charge is 0.189 e. The van der Waals surface area contributed by atoms with Crippen LogP contribution in [0.4, 0.5) is 73.9 Å². The summed E-state index contributed by atoms with van der Waals surface area (Å²) in [6.45, 7) is 29.9. The third kappa shape index (κ3) is 13.4. The number of nitriles is 6. The summed E-state index contributed by atoms with van der Waals surface area (Å²) in [5.74, 6) is 4.13. The molecule has 0 atom stereocenters. The number of para-hydroxylation sites is 15. The van der Waals surface area contributed by atoms with E-state index in [1.807, 2.05) is 223 Å². The Balaban J connectivity index is 0.000000131. The molecule has 0 radical (unpaired) electrons. The Kier molecular flexibility index (Phi) is 19.7. The molecule has 0 fully saturated rings. The summed E-state index contributed by atoms with van der Waals surface area (Å²) in [7, 11) is 0. The lowest BCUT2D eigenvalue weighted by atomic mass is 9.87. The lowest BCUT2D eigenvalue weighted by molar-refractivity contribution is 0.477. The van der Waals surface area contributed by atoms with Gasteiger partial charge in [-0.05, 0) is 156 Å². The zero-order valence-electron chi connectivity index (χ0n) is 61.1. The summed E-state index contributed by atoms with van der Waals surface area (Å²) in [6, 6.07) is 113. The molecule has 116 heavy (non-hydrogen) atoms. The monoisotopic (exact) mass is 1480 g/mol. The average Bonchev–Trinajstić information content (AvgIpc) is 0.744. The van der Waals surface area contributed by atoms with Crippen molar-refractivity contribution in [1.82, 2.24) is 0 Å². The number of fused-ring (bicyclic) bond motifs is 6. The van der Waals surface area contributed by atoms with Crippen LogP contribution in [0.3, 0.4) is 0 Å². The van der Waals surface area contributed by atoms with Gasteiger partial charge in [-0.25, -0.2) is 19.4 Å². The minimum atomic E-state index is 0.335. The molecule has 16 nitrogen and oxygen atoms in total. The van der Waals surface area contributed by atoms with Crippen LogP contribution >= 0.6 is 0 Å². The number of anilines is 9. The van der Waals surface area contributed by atoms with Gasteiger partial charge in [-0.2, -0.15) is 31.6 Å². The van der Waals surface area contributed by atoms with E-state index in [2.05, 4.69) is 95.9 Å². The Morgan fingerprint density at radius 2 is 0.466 bits per heavy atom. The molecule has 3 heterocycles. The molecule has 0 spiro atoms. The average molecular weight is 1480 g/mol. The van der Waals surface area contributed by atoms with Gasteiger partial charge in [0.05, 0.1) is 136 Å². The molecule has 3 aliphatic heterocycles. The molecule has 16 heteroatoms. The van der Waals surface area contributed by atoms with Gasteiger partial charge in [0.25, 0.3) is 0 Å². The third-order valence-electron chi connectivity index (χ3n) is 19.8. The molecule has 0 unspecified atom stereocenters. The van der Waals surface area contributed by atoms with Gasteiger partial charge >= 0.3 is 0 Å². The highest BCUT2D eigenvalue weighted by atomic mass is 16.5. The first-order valence-electron chi connectivity index (χ1n) is 36.2. The fourth-order valence-corrected chi connectivity index (χ4v) is 14.8. The Bertz CT molecular complexity index is 6470. The van der Waals surface area contributed by atoms with E-state index in [9.17, 15) is 31.6 Å². The maximum Gasteiger partial charge on any atom is 0.189 e. The highest BCUT2D eigenvalue weighted by Crippen LogP contribution is 2.59. The van der Waals surface area contributed by atoms with Gasteiger partial charge < -0.3 is 28.9 Å². The molecule has 536 valence electrons. The van der Waals surface area contributed by atoms with Crippen molar-refractivity contribution in [1.29, 1.82) is 31.6 Å². The van der Waals surface area contributed by atoms with Crippen LogP contribution in [0, 0.1) is 94.3 Å². The van der Waals surface area contributed by atoms with E-state index in [4.69, 9.17) is 40.5 Å². The summed E-state index contributed by atoms with van der Waals surface area (Å²) in [6.07, 6.45) is 0. The largest absolute Gasteiger partial charge is 0.453 e. The molecule has 0 saturated carbocycles. The van der Waals surface area contributed by atoms with Gasteiger partial charge in [-0.1, -0.05) is 188 Å². The summed E-state index contributed by atoms with van der Waals surface area (Å²) in [5, 5.41) is 59.8. The molecule has 0 amide bonds. The molecular formula is C100H53N13O3. The van der Waals surface area contributed by atoms with E-state index in [0.29, 0.717) is 118 Å². The fourth-order valence-electron chi connectivity index (χ4n) is 14.8. The second-order valence-corrected chi connectivity index (χ2v) is 26.4. The molecule has 3 aliphatic rings. The van der Waals surface area contributed by atoms with E-state index >= 15 is 0 Å². The highest BCUT2D eigenvalue weighted by molar-refractivity contribution is 6.06. The quantitative estimate of drug-likeness (QED) is 0.124. The number of nitrogens with zero attached hydrogens (tertiary/aromatic N) is 13. The second-order valence-electron chi connectivity index (χ2n) is 26.4. The summed E-state index contributed by atoms with van der Waals surface area (Å²) in [5.41, 5.74) is 20.6. The SMILES string of the molecule is N#Cc1cccc(C#N)c1-c1cccc(-c2c(C#N)cccc2C#N)c1N1c2ccccc2Oc2ccccc21.[C-]#[N+]c1cc(C#N)cc(-c2cccc(-c3cc(C#N)cc([N+]#[C-])c3)c2N2c3ccccc3Oc3ccccc32)c1.[C-]#[N+]c1ccc(-c2cccc(-c3ccc([N+]#[C-])cc3)c2N2c3ccccc3Oc3ccccc32)cc1. The van der Waals surface area contributed by atoms with Crippen LogP contribution in [0.25, 0.3) is 86.1 Å². The van der Waals surface area contributed by atoms with Crippen molar-refractivity contribution < 1.29 is 14.2 Å². The van der Waals surface area contributed by atoms with Gasteiger partial charge in [0.15, 0.2) is 57.2 Å². The van der Waals surface area contributed by atoms with Crippen LogP contribution in [0.5, 0.6) is 34.5 Å². The van der Waals surface area contributed by atoms with Crippen molar-refractivity contribution in [3.8, 4) is 138 Å². The predicted molar refractivity (Wildman–Crippen MR) is 450 cm³/mol. The topological polar surface area (TPSA) is 198 Å². The molecule has 0 N–H and O–H groups in total. The minimum Gasteiger partial charge on any atom is -0.453 e. The van der Waals surface area contributed by atoms with E-state index in [1.54, 1.807) is 72.8 Å². The second kappa shape index (κ2) is 31.7. The summed E-state index contributed by atoms with van der Waals surface area (Å²) in [4.78, 5) is 20.7. The normalized spacial score (nSPS) is 11.2. The van der Waals surface area contributed by atoms with Crippen LogP contribution in [0.1, 0.15) is 33.4 Å². The van der Waals surface area contributed by atoms with Crippen molar-refractivity contribution >= 4 is 73.9 Å². The van der Waals surface area contributed by atoms with E-state index in [-0.39, 0.29) is 0 Å². The maximum absolute atomic E-state index is 10.1. The molecule has 18 rings (SSSR count). The van der Waals surface area contributed by atoms with Crippen molar-refractivity contribution in [2.24, 2.45) is 0 Å². The first-order chi connectivity index (χ1) is 57.1. The standard InChI is InChI=1S/2C34H17N5O.C32H19N3O/c1-37-26-16-22(20-35)14-24(18-26)28-8-7-9-29(25-15-23(21-36)17-27(19-25)38-2)34(28)39-30-10-3-5-12-32(30)40-33-13-6-4-11-31(33)39;35-18-22-8-5-9-23(19-36)32(22)26-12-7-13-27(33-24(20-37)10-6-11-25(33)21-38)34(26)39-28-14-1-3-16-30(28)40-31-17-4-2-15-29(31)39;1-33-24-18-14-22(15-19-24)26-8-7-9-27(23-16-20-25(34-2)21-17-23)32(26)35-28-10-3-5-12-30(28)36-31-13-6-4-11-29(31)35/h3-19H;1-17H;3-21H. The van der Waals surface area contributed by atoms with Crippen molar-refractivity contribution in [2.75, 3.05) is 14.7 Å². The molecular weight excluding hydrogens is 1430 g/mol. The van der Waals surface area contributed by atoms with Crippen LogP contribution in [-0.2, 0) is 0 Å².